The summed E-state index contributed by atoms with van der Waals surface area (Å²) in [5.74, 6) is 0.477. The molecule has 0 radical (unpaired) electrons. The molecule has 0 fully saturated rings. The molecule has 0 saturated heterocycles. The number of benzene rings is 1. The van der Waals surface area contributed by atoms with Crippen molar-refractivity contribution >= 4 is 39.0 Å². The van der Waals surface area contributed by atoms with Gasteiger partial charge in [-0.3, -0.25) is 18.6 Å². The highest BCUT2D eigenvalue weighted by molar-refractivity contribution is 7.98. The first-order chi connectivity index (χ1) is 13.1. The van der Waals surface area contributed by atoms with Crippen LogP contribution in [-0.4, -0.2) is 18.9 Å². The van der Waals surface area contributed by atoms with Gasteiger partial charge in [-0.1, -0.05) is 30.8 Å². The summed E-state index contributed by atoms with van der Waals surface area (Å²) >= 11 is 2.86. The normalized spacial score (nSPS) is 12.7. The van der Waals surface area contributed by atoms with Crippen molar-refractivity contribution in [3.63, 3.8) is 0 Å². The zero-order valence-corrected chi connectivity index (χ0v) is 16.6. The standard InChI is InChI=1S/C19H18N4O2S2/c1-3-12(2)23-17(25)14-6-4-5-7-15(14)21-19(23)27-11-13-10-16(24)22-8-9-26-18(22)20-13/h4-10,12H,3,11H2,1-2H3/t12-/m1/s1. The lowest BCUT2D eigenvalue weighted by Gasteiger charge is -2.18. The van der Waals surface area contributed by atoms with Gasteiger partial charge in [-0.05, 0) is 25.5 Å². The minimum atomic E-state index is -0.0948. The number of fused-ring (bicyclic) bond motifs is 2. The van der Waals surface area contributed by atoms with Crippen LogP contribution in [0.15, 0.2) is 56.7 Å². The average molecular weight is 399 g/mol. The molecule has 0 amide bonds. The molecule has 3 aromatic heterocycles. The number of thiazole rings is 1. The van der Waals surface area contributed by atoms with Gasteiger partial charge in [0.05, 0.1) is 16.6 Å². The molecule has 0 aliphatic rings. The highest BCUT2D eigenvalue weighted by atomic mass is 32.2. The van der Waals surface area contributed by atoms with Crippen LogP contribution in [0.4, 0.5) is 0 Å². The molecule has 1 atom stereocenters. The van der Waals surface area contributed by atoms with Crippen LogP contribution in [0.25, 0.3) is 15.9 Å². The third-order valence-electron chi connectivity index (χ3n) is 4.51. The summed E-state index contributed by atoms with van der Waals surface area (Å²) in [4.78, 5) is 35.1. The minimum Gasteiger partial charge on any atom is -0.284 e. The molecular formula is C19H18N4O2S2. The first kappa shape index (κ1) is 17.9. The Bertz CT molecular complexity index is 1240. The topological polar surface area (TPSA) is 69.3 Å². The Labute approximate surface area is 163 Å². The van der Waals surface area contributed by atoms with E-state index in [1.54, 1.807) is 16.8 Å². The molecule has 3 heterocycles. The Hall–Kier alpha value is -2.45. The molecule has 0 aliphatic carbocycles. The van der Waals surface area contributed by atoms with Crippen LogP contribution in [0.1, 0.15) is 32.0 Å². The Kier molecular flexibility index (Phi) is 4.84. The Morgan fingerprint density at radius 3 is 2.85 bits per heavy atom. The van der Waals surface area contributed by atoms with Crippen LogP contribution in [0, 0.1) is 0 Å². The maximum absolute atomic E-state index is 13.0. The second-order valence-corrected chi connectivity index (χ2v) is 8.09. The number of para-hydroxylation sites is 1. The number of nitrogens with zero attached hydrogens (tertiary/aromatic N) is 4. The molecule has 4 aromatic rings. The SMILES string of the molecule is CC[C@@H](C)n1c(SCc2cc(=O)n3ccsc3n2)nc2ccccc2c1=O. The number of hydrogen-bond donors (Lipinski definition) is 0. The van der Waals surface area contributed by atoms with Gasteiger partial charge in [-0.2, -0.15) is 0 Å². The number of hydrogen-bond acceptors (Lipinski definition) is 6. The van der Waals surface area contributed by atoms with Crippen LogP contribution >= 0.6 is 23.1 Å². The maximum Gasteiger partial charge on any atom is 0.262 e. The largest absolute Gasteiger partial charge is 0.284 e. The Morgan fingerprint density at radius 1 is 1.22 bits per heavy atom. The fourth-order valence-electron chi connectivity index (χ4n) is 2.90. The van der Waals surface area contributed by atoms with Crippen LogP contribution in [0.5, 0.6) is 0 Å². The molecule has 0 unspecified atom stereocenters. The van der Waals surface area contributed by atoms with Gasteiger partial charge in [0.25, 0.3) is 11.1 Å². The van der Waals surface area contributed by atoms with E-state index in [4.69, 9.17) is 4.98 Å². The van der Waals surface area contributed by atoms with Crippen molar-refractivity contribution in [1.82, 2.24) is 18.9 Å². The maximum atomic E-state index is 13.0. The third kappa shape index (κ3) is 3.30. The van der Waals surface area contributed by atoms with Crippen molar-refractivity contribution in [3.05, 3.63) is 68.3 Å². The average Bonchev–Trinajstić information content (AvgIpc) is 3.15. The van der Waals surface area contributed by atoms with Crippen molar-refractivity contribution < 1.29 is 0 Å². The van der Waals surface area contributed by atoms with Crippen molar-refractivity contribution in [1.29, 1.82) is 0 Å². The quantitative estimate of drug-likeness (QED) is 0.378. The second kappa shape index (κ2) is 7.28. The molecular weight excluding hydrogens is 380 g/mol. The van der Waals surface area contributed by atoms with Gasteiger partial charge in [0.1, 0.15) is 0 Å². The van der Waals surface area contributed by atoms with E-state index in [-0.39, 0.29) is 17.2 Å². The molecule has 0 N–H and O–H groups in total. The monoisotopic (exact) mass is 398 g/mol. The zero-order valence-electron chi connectivity index (χ0n) is 15.0. The molecule has 138 valence electrons. The van der Waals surface area contributed by atoms with E-state index in [1.165, 1.54) is 27.5 Å². The molecule has 0 aliphatic heterocycles. The van der Waals surface area contributed by atoms with E-state index in [0.29, 0.717) is 32.5 Å². The van der Waals surface area contributed by atoms with E-state index in [9.17, 15) is 9.59 Å². The summed E-state index contributed by atoms with van der Waals surface area (Å²) in [6.07, 6.45) is 2.55. The lowest BCUT2D eigenvalue weighted by Crippen LogP contribution is -2.26. The van der Waals surface area contributed by atoms with Crippen molar-refractivity contribution in [3.8, 4) is 0 Å². The summed E-state index contributed by atoms with van der Waals surface area (Å²) < 4.78 is 3.28. The molecule has 0 saturated carbocycles. The molecule has 1 aromatic carbocycles. The number of thioether (sulfide) groups is 1. The molecule has 6 nitrogen and oxygen atoms in total. The lowest BCUT2D eigenvalue weighted by atomic mass is 10.2. The van der Waals surface area contributed by atoms with Crippen LogP contribution in [0.2, 0.25) is 0 Å². The minimum absolute atomic E-state index is 0.0285. The first-order valence-corrected chi connectivity index (χ1v) is 10.5. The van der Waals surface area contributed by atoms with Gasteiger partial charge in [-0.15, -0.1) is 11.3 Å². The van der Waals surface area contributed by atoms with Gasteiger partial charge in [0, 0.05) is 29.4 Å². The third-order valence-corrected chi connectivity index (χ3v) is 6.26. The summed E-state index contributed by atoms with van der Waals surface area (Å²) in [5.41, 5.74) is 1.25. The number of aromatic nitrogens is 4. The van der Waals surface area contributed by atoms with Crippen molar-refractivity contribution in [2.75, 3.05) is 0 Å². The molecule has 8 heteroatoms. The van der Waals surface area contributed by atoms with E-state index in [2.05, 4.69) is 4.98 Å². The Balaban J connectivity index is 1.75. The van der Waals surface area contributed by atoms with Crippen LogP contribution in [-0.2, 0) is 5.75 Å². The summed E-state index contributed by atoms with van der Waals surface area (Å²) in [6.45, 7) is 4.07. The highest BCUT2D eigenvalue weighted by Gasteiger charge is 2.16. The van der Waals surface area contributed by atoms with Gasteiger partial charge in [0.15, 0.2) is 10.1 Å². The fourth-order valence-corrected chi connectivity index (χ4v) is 4.63. The van der Waals surface area contributed by atoms with Gasteiger partial charge < -0.3 is 0 Å². The van der Waals surface area contributed by atoms with E-state index in [1.807, 2.05) is 43.5 Å². The van der Waals surface area contributed by atoms with Gasteiger partial charge >= 0.3 is 0 Å². The first-order valence-electron chi connectivity index (χ1n) is 8.68. The van der Waals surface area contributed by atoms with Crippen molar-refractivity contribution in [2.45, 2.75) is 37.2 Å². The summed E-state index contributed by atoms with van der Waals surface area (Å²) in [5, 5.41) is 3.12. The molecule has 0 spiro atoms. The fraction of sp³-hybridized carbons (Fsp3) is 0.263. The van der Waals surface area contributed by atoms with Crippen LogP contribution < -0.4 is 11.1 Å². The number of rotatable bonds is 5. The van der Waals surface area contributed by atoms with E-state index < -0.39 is 0 Å². The highest BCUT2D eigenvalue weighted by Crippen LogP contribution is 2.25. The van der Waals surface area contributed by atoms with Gasteiger partial charge in [-0.25, -0.2) is 9.97 Å². The van der Waals surface area contributed by atoms with E-state index in [0.717, 1.165) is 6.42 Å². The van der Waals surface area contributed by atoms with Gasteiger partial charge in [0.2, 0.25) is 0 Å². The van der Waals surface area contributed by atoms with E-state index >= 15 is 0 Å². The summed E-state index contributed by atoms with van der Waals surface area (Å²) in [6, 6.07) is 8.97. The zero-order chi connectivity index (χ0) is 19.0. The molecule has 0 bridgehead atoms. The summed E-state index contributed by atoms with van der Waals surface area (Å²) in [7, 11) is 0. The van der Waals surface area contributed by atoms with Crippen LogP contribution in [0.3, 0.4) is 0 Å². The lowest BCUT2D eigenvalue weighted by molar-refractivity contribution is 0.468. The predicted molar refractivity (Wildman–Crippen MR) is 110 cm³/mol. The smallest absolute Gasteiger partial charge is 0.262 e. The predicted octanol–water partition coefficient (Wildman–Crippen LogP) is 3.73. The molecule has 4 rings (SSSR count). The Morgan fingerprint density at radius 2 is 2.04 bits per heavy atom. The second-order valence-electron chi connectivity index (χ2n) is 6.27. The van der Waals surface area contributed by atoms with Crippen molar-refractivity contribution in [2.24, 2.45) is 0 Å². The molecule has 27 heavy (non-hydrogen) atoms.